The summed E-state index contributed by atoms with van der Waals surface area (Å²) < 4.78 is 10.9. The molecule has 0 aromatic heterocycles. The molecule has 9 atom stereocenters. The van der Waals surface area contributed by atoms with Gasteiger partial charge in [-0.1, -0.05) is 69.5 Å². The molecule has 10 N–H and O–H groups in total. The number of nitrogens with one attached hydrogen (secondary N) is 6. The molecule has 22 nitrogen and oxygen atoms in total. The average Bonchev–Trinajstić information content (AvgIpc) is 3.88. The molecule has 370 valence electrons. The second kappa shape index (κ2) is 30.2. The Hall–Kier alpha value is -3.76. The van der Waals surface area contributed by atoms with Gasteiger partial charge in [-0.15, -0.1) is 5.75 Å². The fourth-order valence-electron chi connectivity index (χ4n) is 7.37. The Morgan fingerprint density at radius 1 is 0.913 bits per heavy atom. The minimum Gasteiger partial charge on any atom is -0.872 e. The van der Waals surface area contributed by atoms with Gasteiger partial charge < -0.3 is 66.9 Å². The normalized spacial score (nSPS) is 23.1. The van der Waals surface area contributed by atoms with E-state index >= 15 is 0 Å². The number of thioether (sulfide) groups is 1. The Morgan fingerprint density at radius 3 is 2.36 bits per heavy atom. The van der Waals surface area contributed by atoms with Crippen LogP contribution in [0.25, 0.3) is 16.5 Å². The van der Waals surface area contributed by atoms with Crippen LogP contribution in [0.3, 0.4) is 0 Å². The van der Waals surface area contributed by atoms with Crippen LogP contribution in [0, 0.1) is 0 Å². The maximum Gasteiger partial charge on any atom is 1.00 e. The third kappa shape index (κ3) is 19.1. The minimum absolute atomic E-state index is 0. The van der Waals surface area contributed by atoms with Crippen molar-refractivity contribution >= 4 is 80.7 Å². The van der Waals surface area contributed by atoms with Crippen LogP contribution in [0.5, 0.6) is 5.75 Å². The van der Waals surface area contributed by atoms with Gasteiger partial charge in [-0.2, -0.15) is 11.8 Å². The summed E-state index contributed by atoms with van der Waals surface area (Å²) in [5.74, 6) is -2.17. The molecule has 26 heteroatoms. The van der Waals surface area contributed by atoms with E-state index in [2.05, 4.69) is 41.9 Å². The van der Waals surface area contributed by atoms with Crippen LogP contribution >= 0.6 is 33.3 Å². The standard InChI is InChI=1S/C43H57N9O13S3.K/c44-52-51-26-12-10-25(11-13-26)39(59)48-28(5-3-4-17-45-33(54)7-2-1-6-32-35-29(23-66-32)49-43(63)50-35)40(60)46-18-20-68-67-19-16-34(55)47-22-31-36(56)37(57)38(58)42(65-31)64-30(41(61)62)21-24-8-14-27(53)15-9-24;/h8-15,21,28-29,31-32,35-38,42,53,56-58H,1-7,16-20,22-23H2,(H,45,54)(H,46,60)(H,47,55)(H,48,59)(H,61,62)(H2,49,50,63);/q;+1/p-1/b30-21+;/t28?,29-,31+,32-,35-,36-,37-,38+,42+;/m0./s1. The first-order valence-electron chi connectivity index (χ1n) is 22.0. The van der Waals surface area contributed by atoms with Crippen LogP contribution in [0.1, 0.15) is 67.3 Å². The summed E-state index contributed by atoms with van der Waals surface area (Å²) in [6.07, 6.45) is -2.86. The van der Waals surface area contributed by atoms with Gasteiger partial charge in [0.15, 0.2) is 0 Å². The number of ether oxygens (including phenoxy) is 2. The number of fused-ring (bicyclic) bond motifs is 1. The smallest absolute Gasteiger partial charge is 0.872 e. The van der Waals surface area contributed by atoms with E-state index in [1.807, 2.05) is 11.8 Å². The van der Waals surface area contributed by atoms with E-state index in [0.717, 1.165) is 31.1 Å². The first-order chi connectivity index (χ1) is 32.7. The molecular formula is C43H56KN9O13S3. The topological polar surface area (TPSA) is 346 Å². The number of aliphatic hydroxyl groups is 3. The zero-order valence-electron chi connectivity index (χ0n) is 37.8. The monoisotopic (exact) mass is 1040 g/mol. The van der Waals surface area contributed by atoms with Crippen molar-refractivity contribution in [1.82, 2.24) is 31.9 Å². The molecule has 0 bridgehead atoms. The van der Waals surface area contributed by atoms with Crippen molar-refractivity contribution in [2.75, 3.05) is 36.9 Å². The molecular weight excluding hydrogens is 986 g/mol. The van der Waals surface area contributed by atoms with Crippen molar-refractivity contribution < 1.29 is 115 Å². The number of aliphatic carboxylic acids is 1. The molecule has 3 fully saturated rings. The van der Waals surface area contributed by atoms with Crippen molar-refractivity contribution in [3.63, 3.8) is 0 Å². The molecule has 3 heterocycles. The number of rotatable bonds is 27. The Bertz CT molecular complexity index is 2130. The van der Waals surface area contributed by atoms with Gasteiger partial charge in [0.05, 0.1) is 12.1 Å². The number of benzene rings is 2. The Balaban J connectivity index is 0.0000104. The fraction of sp³-hybridized carbons (Fsp3) is 0.535. The van der Waals surface area contributed by atoms with Crippen LogP contribution in [0.15, 0.2) is 59.4 Å². The predicted octanol–water partition coefficient (Wildman–Crippen LogP) is -1.23. The number of nitrogens with zero attached hydrogens (tertiary/aromatic N) is 3. The van der Waals surface area contributed by atoms with Gasteiger partial charge in [0, 0.05) is 71.1 Å². The quantitative estimate of drug-likeness (QED) is 0.00577. The number of unbranched alkanes of at least 4 members (excludes halogenated alkanes) is 2. The van der Waals surface area contributed by atoms with E-state index in [1.165, 1.54) is 70.1 Å². The maximum atomic E-state index is 13.3. The van der Waals surface area contributed by atoms with Gasteiger partial charge in [-0.05, 0) is 61.4 Å². The molecule has 5 rings (SSSR count). The fourth-order valence-corrected chi connectivity index (χ4v) is 10.8. The summed E-state index contributed by atoms with van der Waals surface area (Å²) in [4.78, 5) is 77.8. The molecule has 2 aromatic rings. The van der Waals surface area contributed by atoms with Gasteiger partial charge in [-0.25, -0.2) is 9.59 Å². The number of carboxylic acid groups (broad SMARTS) is 1. The number of hydrogen-bond donors (Lipinski definition) is 10. The summed E-state index contributed by atoms with van der Waals surface area (Å²) in [6.45, 7) is 0.349. The number of urea groups is 1. The van der Waals surface area contributed by atoms with E-state index < -0.39 is 66.2 Å². The zero-order chi connectivity index (χ0) is 49.0. The summed E-state index contributed by atoms with van der Waals surface area (Å²) in [5, 5.41) is 73.3. The van der Waals surface area contributed by atoms with Gasteiger partial charge in [0.2, 0.25) is 29.8 Å². The number of carbonyl (C=O) groups excluding carboxylic acids is 5. The molecule has 0 spiro atoms. The summed E-state index contributed by atoms with van der Waals surface area (Å²) in [5.41, 5.74) is 9.58. The van der Waals surface area contributed by atoms with Gasteiger partial charge in [0.25, 0.3) is 5.91 Å². The Morgan fingerprint density at radius 2 is 1.64 bits per heavy atom. The second-order valence-corrected chi connectivity index (χ2v) is 20.0. The van der Waals surface area contributed by atoms with Gasteiger partial charge >= 0.3 is 63.4 Å². The third-order valence-corrected chi connectivity index (χ3v) is 14.9. The number of amides is 6. The molecule has 0 saturated carbocycles. The summed E-state index contributed by atoms with van der Waals surface area (Å²) in [6, 6.07) is 10.4. The summed E-state index contributed by atoms with van der Waals surface area (Å²) in [7, 11) is 2.76. The van der Waals surface area contributed by atoms with Crippen LogP contribution in [-0.2, 0) is 28.7 Å². The van der Waals surface area contributed by atoms with Gasteiger partial charge in [-0.3, -0.25) is 19.2 Å². The first-order valence-corrected chi connectivity index (χ1v) is 25.5. The van der Waals surface area contributed by atoms with E-state index in [0.29, 0.717) is 60.2 Å². The molecule has 3 aliphatic rings. The molecule has 0 radical (unpaired) electrons. The number of hydrogen-bond acceptors (Lipinski definition) is 16. The number of aliphatic hydroxyl groups excluding tert-OH is 3. The SMILES string of the molecule is [K+].[N-]=[N+]=Nc1ccc(C(=O)NC(CCCCNC(=O)CCCC[C@@H]2SC[C@@H]3NC(=O)N[C@@H]32)C(=O)NCCSSCCC(=O)NC[C@H]2O[C@@H](O/C(=C/c3ccc([O-])cc3)C(=O)O)[C@H](O)[C@@H](O)[C@H]2O)cc1. The first kappa shape index (κ1) is 57.8. The molecule has 0 aliphatic carbocycles. The molecule has 3 aliphatic heterocycles. The molecule has 69 heavy (non-hydrogen) atoms. The Labute approximate surface area is 452 Å². The van der Waals surface area contributed by atoms with Crippen LogP contribution < -0.4 is 88.4 Å². The maximum absolute atomic E-state index is 13.3. The second-order valence-electron chi connectivity index (χ2n) is 16.0. The van der Waals surface area contributed by atoms with E-state index in [-0.39, 0.29) is 106 Å². The average molecular weight is 1040 g/mol. The van der Waals surface area contributed by atoms with E-state index in [9.17, 15) is 54.3 Å². The van der Waals surface area contributed by atoms with Crippen molar-refractivity contribution in [2.24, 2.45) is 5.11 Å². The van der Waals surface area contributed by atoms with Crippen molar-refractivity contribution in [2.45, 2.75) is 105 Å². The van der Waals surface area contributed by atoms with Crippen LogP contribution in [-0.4, -0.2) is 147 Å². The third-order valence-electron chi connectivity index (χ3n) is 11.0. The van der Waals surface area contributed by atoms with E-state index in [1.54, 1.807) is 0 Å². The van der Waals surface area contributed by atoms with E-state index in [4.69, 9.17) is 15.0 Å². The number of carbonyl (C=O) groups is 6. The zero-order valence-corrected chi connectivity index (χ0v) is 43.4. The molecule has 6 amide bonds. The van der Waals surface area contributed by atoms with Gasteiger partial charge in [0.1, 0.15) is 30.5 Å². The molecule has 3 saturated heterocycles. The predicted molar refractivity (Wildman–Crippen MR) is 252 cm³/mol. The number of azide groups is 1. The Kier molecular flexibility index (Phi) is 25.3. The van der Waals surface area contributed by atoms with Crippen molar-refractivity contribution in [3.8, 4) is 5.75 Å². The van der Waals surface area contributed by atoms with Crippen LogP contribution in [0.4, 0.5) is 10.5 Å². The van der Waals surface area contributed by atoms with Crippen LogP contribution in [0.2, 0.25) is 0 Å². The van der Waals surface area contributed by atoms with Crippen molar-refractivity contribution in [1.29, 1.82) is 0 Å². The number of carboxylic acids is 1. The van der Waals surface area contributed by atoms with Crippen molar-refractivity contribution in [3.05, 3.63) is 75.9 Å². The summed E-state index contributed by atoms with van der Waals surface area (Å²) >= 11 is 1.84. The minimum atomic E-state index is -1.84. The molecule has 2 aromatic carbocycles. The largest absolute Gasteiger partial charge is 1.00 e. The molecule has 1 unspecified atom stereocenters.